The van der Waals surface area contributed by atoms with Gasteiger partial charge in [0.2, 0.25) is 0 Å². The molecule has 0 aliphatic carbocycles. The lowest BCUT2D eigenvalue weighted by Crippen LogP contribution is -2.28. The van der Waals surface area contributed by atoms with Gasteiger partial charge in [-0.25, -0.2) is 18.2 Å². The molecule has 1 heterocycles. The Morgan fingerprint density at radius 3 is 2.47 bits per heavy atom. The largest absolute Gasteiger partial charge is 0.350 e. The molecule has 0 fully saturated rings. The van der Waals surface area contributed by atoms with Crippen molar-refractivity contribution in [3.8, 4) is 5.69 Å². The lowest BCUT2D eigenvalue weighted by atomic mass is 10.3. The number of rotatable bonds is 2. The zero-order valence-electron chi connectivity index (χ0n) is 10.5. The lowest BCUT2D eigenvalue weighted by Gasteiger charge is -2.13. The predicted molar refractivity (Wildman–Crippen MR) is 74.0 cm³/mol. The van der Waals surface area contributed by atoms with E-state index in [9.17, 15) is 9.18 Å². The minimum Gasteiger partial charge on any atom is -0.350 e. The summed E-state index contributed by atoms with van der Waals surface area (Å²) >= 11 is 4.04. The van der Waals surface area contributed by atoms with Gasteiger partial charge in [0.15, 0.2) is 0 Å². The molecule has 5 nitrogen and oxygen atoms in total. The normalized spacial score (nSPS) is 10.5. The van der Waals surface area contributed by atoms with Gasteiger partial charge in [0.1, 0.15) is 11.5 Å². The Morgan fingerprint density at radius 2 is 1.95 bits per heavy atom. The highest BCUT2D eigenvalue weighted by molar-refractivity contribution is 7.82. The maximum absolute atomic E-state index is 12.9. The summed E-state index contributed by atoms with van der Waals surface area (Å²) in [5.41, 5.74) is 7.72. The van der Waals surface area contributed by atoms with Gasteiger partial charge in [-0.1, -0.05) is 12.8 Å². The maximum Gasteiger partial charge on any atom is 0.329 e. The minimum absolute atomic E-state index is 0.321. The van der Waals surface area contributed by atoms with E-state index >= 15 is 0 Å². The number of thiol groups is 1. The Kier molecular flexibility index (Phi) is 3.48. The lowest BCUT2D eigenvalue weighted by molar-refractivity contribution is 0.257. The molecule has 2 N–H and O–H groups in total. The number of hydrogen-bond acceptors (Lipinski definition) is 3. The molecule has 2 rings (SSSR count). The van der Waals surface area contributed by atoms with Crippen LogP contribution in [-0.2, 0) is 0 Å². The number of benzene rings is 1. The van der Waals surface area contributed by atoms with E-state index in [1.165, 1.54) is 12.1 Å². The average molecular weight is 280 g/mol. The summed E-state index contributed by atoms with van der Waals surface area (Å²) < 4.78 is 15.6. The van der Waals surface area contributed by atoms with Crippen molar-refractivity contribution >= 4 is 24.5 Å². The number of aryl methyl sites for hydroxylation is 1. The van der Waals surface area contributed by atoms with Crippen molar-refractivity contribution < 1.29 is 9.18 Å². The van der Waals surface area contributed by atoms with Crippen molar-refractivity contribution in [1.82, 2.24) is 9.78 Å². The predicted octanol–water partition coefficient (Wildman–Crippen LogP) is 2.36. The van der Waals surface area contributed by atoms with Crippen LogP contribution >= 0.6 is 12.8 Å². The summed E-state index contributed by atoms with van der Waals surface area (Å²) in [6, 6.07) is 5.21. The van der Waals surface area contributed by atoms with Crippen molar-refractivity contribution in [3.05, 3.63) is 41.5 Å². The van der Waals surface area contributed by atoms with Crippen molar-refractivity contribution in [2.45, 2.75) is 13.8 Å². The van der Waals surface area contributed by atoms with Crippen LogP contribution in [0, 0.1) is 19.7 Å². The first-order chi connectivity index (χ1) is 8.91. The van der Waals surface area contributed by atoms with E-state index in [2.05, 4.69) is 17.9 Å². The SMILES string of the molecule is Cc1nn(-c2ccc(F)cc2)c(C)c1N(S)C(N)=O. The van der Waals surface area contributed by atoms with Crippen molar-refractivity contribution in [3.63, 3.8) is 0 Å². The summed E-state index contributed by atoms with van der Waals surface area (Å²) in [5.74, 6) is -0.321. The van der Waals surface area contributed by atoms with Crippen LogP contribution in [0.3, 0.4) is 0 Å². The molecule has 7 heteroatoms. The van der Waals surface area contributed by atoms with Gasteiger partial charge < -0.3 is 5.73 Å². The van der Waals surface area contributed by atoms with Gasteiger partial charge in [-0.05, 0) is 38.1 Å². The van der Waals surface area contributed by atoms with E-state index in [0.29, 0.717) is 22.8 Å². The molecule has 1 aromatic heterocycles. The Bertz CT molecular complexity index is 623. The number of urea groups is 1. The van der Waals surface area contributed by atoms with Crippen LogP contribution in [0.1, 0.15) is 11.4 Å². The summed E-state index contributed by atoms with van der Waals surface area (Å²) in [6.45, 7) is 3.53. The van der Waals surface area contributed by atoms with Crippen LogP contribution in [0.2, 0.25) is 0 Å². The molecule has 0 spiro atoms. The van der Waals surface area contributed by atoms with Gasteiger partial charge in [-0.15, -0.1) is 0 Å². The van der Waals surface area contributed by atoms with Crippen molar-refractivity contribution in [2.75, 3.05) is 4.31 Å². The van der Waals surface area contributed by atoms with Crippen LogP contribution in [0.25, 0.3) is 5.69 Å². The second-order valence-corrected chi connectivity index (χ2v) is 4.46. The van der Waals surface area contributed by atoms with Crippen LogP contribution in [0.4, 0.5) is 14.9 Å². The van der Waals surface area contributed by atoms with Gasteiger partial charge in [-0.3, -0.25) is 0 Å². The smallest absolute Gasteiger partial charge is 0.329 e. The maximum atomic E-state index is 12.9. The zero-order chi connectivity index (χ0) is 14.2. The summed E-state index contributed by atoms with van der Waals surface area (Å²) in [4.78, 5) is 11.2. The van der Waals surface area contributed by atoms with E-state index in [-0.39, 0.29) is 5.82 Å². The molecule has 100 valence electrons. The fourth-order valence-electron chi connectivity index (χ4n) is 1.88. The van der Waals surface area contributed by atoms with Gasteiger partial charge >= 0.3 is 6.03 Å². The Morgan fingerprint density at radius 1 is 1.37 bits per heavy atom. The second-order valence-electron chi connectivity index (χ2n) is 4.06. The first-order valence-corrected chi connectivity index (χ1v) is 5.92. The monoisotopic (exact) mass is 280 g/mol. The van der Waals surface area contributed by atoms with Gasteiger partial charge in [-0.2, -0.15) is 5.10 Å². The molecule has 2 aromatic rings. The third kappa shape index (κ3) is 2.41. The average Bonchev–Trinajstić information content (AvgIpc) is 2.65. The summed E-state index contributed by atoms with van der Waals surface area (Å²) in [6.07, 6.45) is 0. The summed E-state index contributed by atoms with van der Waals surface area (Å²) in [5, 5.41) is 4.31. The molecule has 0 saturated heterocycles. The molecule has 0 atom stereocenters. The minimum atomic E-state index is -0.687. The molecule has 0 bridgehead atoms. The highest BCUT2D eigenvalue weighted by Crippen LogP contribution is 2.27. The van der Waals surface area contributed by atoms with Crippen LogP contribution in [0.15, 0.2) is 24.3 Å². The molecule has 0 saturated carbocycles. The third-order valence-corrected chi connectivity index (χ3v) is 3.14. The highest BCUT2D eigenvalue weighted by Gasteiger charge is 2.19. The second kappa shape index (κ2) is 4.93. The first-order valence-electron chi connectivity index (χ1n) is 5.52. The van der Waals surface area contributed by atoms with E-state index in [1.807, 2.05) is 0 Å². The number of carbonyl (C=O) groups is 1. The number of halogens is 1. The number of primary amides is 1. The number of hydrogen-bond donors (Lipinski definition) is 2. The topological polar surface area (TPSA) is 64.2 Å². The number of nitrogens with two attached hydrogens (primary N) is 1. The molecule has 2 amide bonds. The third-order valence-electron chi connectivity index (χ3n) is 2.74. The molecule has 1 aromatic carbocycles. The number of amides is 2. The Labute approximate surface area is 115 Å². The van der Waals surface area contributed by atoms with E-state index in [4.69, 9.17) is 5.73 Å². The number of carbonyl (C=O) groups excluding carboxylic acids is 1. The van der Waals surface area contributed by atoms with E-state index in [1.54, 1.807) is 30.7 Å². The number of anilines is 1. The molecule has 19 heavy (non-hydrogen) atoms. The number of aromatic nitrogens is 2. The fourth-order valence-corrected chi connectivity index (χ4v) is 2.17. The van der Waals surface area contributed by atoms with Crippen LogP contribution < -0.4 is 10.0 Å². The van der Waals surface area contributed by atoms with E-state index in [0.717, 1.165) is 4.31 Å². The van der Waals surface area contributed by atoms with Gasteiger partial charge in [0.05, 0.1) is 17.1 Å². The quantitative estimate of drug-likeness (QED) is 0.829. The Hall–Kier alpha value is -2.02. The molecule has 0 radical (unpaired) electrons. The Balaban J connectivity index is 2.52. The van der Waals surface area contributed by atoms with Crippen molar-refractivity contribution in [1.29, 1.82) is 0 Å². The first kappa shape index (κ1) is 13.4. The molecular weight excluding hydrogens is 267 g/mol. The molecule has 0 unspecified atom stereocenters. The van der Waals surface area contributed by atoms with Gasteiger partial charge in [0.25, 0.3) is 0 Å². The van der Waals surface area contributed by atoms with Crippen LogP contribution in [-0.4, -0.2) is 15.8 Å². The molecular formula is C12H13FN4OS. The van der Waals surface area contributed by atoms with Crippen LogP contribution in [0.5, 0.6) is 0 Å². The highest BCUT2D eigenvalue weighted by atomic mass is 32.1. The molecule has 0 aliphatic rings. The fraction of sp³-hybridized carbons (Fsp3) is 0.167. The molecule has 0 aliphatic heterocycles. The van der Waals surface area contributed by atoms with Gasteiger partial charge in [0, 0.05) is 0 Å². The van der Waals surface area contributed by atoms with Crippen molar-refractivity contribution in [2.24, 2.45) is 5.73 Å². The standard InChI is InChI=1S/C12H13FN4OS/c1-7-11(17(19)12(14)18)8(2)16(15-7)10-5-3-9(13)4-6-10/h3-6,19H,1-2H3,(H2,14,18). The van der Waals surface area contributed by atoms with E-state index < -0.39 is 6.03 Å². The summed E-state index contributed by atoms with van der Waals surface area (Å²) in [7, 11) is 0. The number of nitrogens with zero attached hydrogens (tertiary/aromatic N) is 3. The zero-order valence-corrected chi connectivity index (χ0v) is 11.4.